The molecule has 0 spiro atoms. The first-order valence-electron chi connectivity index (χ1n) is 5.54. The van der Waals surface area contributed by atoms with E-state index in [9.17, 15) is 0 Å². The standard InChI is InChI=1S/C14H14N2O2/c15-14(16-17)12-7-4-8-13(9-12)18-10-11-5-2-1-3-6-11/h1-9,17H,10H2,(H2,15,16). The second-order valence-corrected chi connectivity index (χ2v) is 3.79. The van der Waals surface area contributed by atoms with E-state index in [4.69, 9.17) is 15.7 Å². The smallest absolute Gasteiger partial charge is 0.170 e. The molecule has 0 saturated heterocycles. The topological polar surface area (TPSA) is 67.8 Å². The number of nitrogens with zero attached hydrogens (tertiary/aromatic N) is 1. The first-order chi connectivity index (χ1) is 8.79. The lowest BCUT2D eigenvalue weighted by molar-refractivity contribution is 0.306. The largest absolute Gasteiger partial charge is 0.489 e. The van der Waals surface area contributed by atoms with Crippen LogP contribution in [-0.4, -0.2) is 11.0 Å². The highest BCUT2D eigenvalue weighted by atomic mass is 16.5. The fourth-order valence-electron chi connectivity index (χ4n) is 1.54. The number of amidine groups is 1. The number of benzene rings is 2. The Balaban J connectivity index is 2.06. The molecule has 92 valence electrons. The zero-order chi connectivity index (χ0) is 12.8. The molecule has 0 aliphatic carbocycles. The average molecular weight is 242 g/mol. The second-order valence-electron chi connectivity index (χ2n) is 3.79. The summed E-state index contributed by atoms with van der Waals surface area (Å²) in [5.41, 5.74) is 7.23. The minimum atomic E-state index is 0.0696. The minimum absolute atomic E-state index is 0.0696. The van der Waals surface area contributed by atoms with E-state index in [0.29, 0.717) is 17.9 Å². The van der Waals surface area contributed by atoms with Crippen LogP contribution in [0.15, 0.2) is 59.8 Å². The molecule has 18 heavy (non-hydrogen) atoms. The van der Waals surface area contributed by atoms with Crippen molar-refractivity contribution >= 4 is 5.84 Å². The maximum atomic E-state index is 8.61. The Bertz CT molecular complexity index is 539. The third-order valence-electron chi connectivity index (χ3n) is 2.49. The van der Waals surface area contributed by atoms with Crippen molar-refractivity contribution in [1.82, 2.24) is 0 Å². The van der Waals surface area contributed by atoms with Gasteiger partial charge in [0.1, 0.15) is 12.4 Å². The van der Waals surface area contributed by atoms with Crippen LogP contribution in [-0.2, 0) is 6.61 Å². The van der Waals surface area contributed by atoms with E-state index in [-0.39, 0.29) is 5.84 Å². The van der Waals surface area contributed by atoms with Crippen LogP contribution in [0.25, 0.3) is 0 Å². The van der Waals surface area contributed by atoms with Crippen LogP contribution in [0.5, 0.6) is 5.75 Å². The summed E-state index contributed by atoms with van der Waals surface area (Å²) in [6, 6.07) is 17.0. The molecule has 2 rings (SSSR count). The molecule has 2 aromatic rings. The number of rotatable bonds is 4. The van der Waals surface area contributed by atoms with E-state index >= 15 is 0 Å². The molecule has 0 radical (unpaired) electrons. The highest BCUT2D eigenvalue weighted by Crippen LogP contribution is 2.15. The normalized spacial score (nSPS) is 11.2. The zero-order valence-corrected chi connectivity index (χ0v) is 9.78. The van der Waals surface area contributed by atoms with E-state index in [0.717, 1.165) is 5.56 Å². The predicted molar refractivity (Wildman–Crippen MR) is 69.7 cm³/mol. The number of oxime groups is 1. The van der Waals surface area contributed by atoms with Gasteiger partial charge in [0.2, 0.25) is 0 Å². The molecule has 0 aliphatic heterocycles. The summed E-state index contributed by atoms with van der Waals surface area (Å²) >= 11 is 0. The quantitative estimate of drug-likeness (QED) is 0.374. The van der Waals surface area contributed by atoms with E-state index in [1.54, 1.807) is 18.2 Å². The maximum Gasteiger partial charge on any atom is 0.170 e. The molecule has 2 aromatic carbocycles. The molecule has 0 heterocycles. The van der Waals surface area contributed by atoms with Gasteiger partial charge in [-0.25, -0.2) is 0 Å². The Morgan fingerprint density at radius 3 is 2.61 bits per heavy atom. The summed E-state index contributed by atoms with van der Waals surface area (Å²) < 4.78 is 5.64. The van der Waals surface area contributed by atoms with Gasteiger partial charge in [-0.1, -0.05) is 47.6 Å². The van der Waals surface area contributed by atoms with Crippen molar-refractivity contribution in [1.29, 1.82) is 0 Å². The third kappa shape index (κ3) is 3.01. The van der Waals surface area contributed by atoms with Gasteiger partial charge >= 0.3 is 0 Å². The van der Waals surface area contributed by atoms with Gasteiger partial charge in [-0.3, -0.25) is 0 Å². The molecule has 0 aromatic heterocycles. The zero-order valence-electron chi connectivity index (χ0n) is 9.78. The third-order valence-corrected chi connectivity index (χ3v) is 2.49. The average Bonchev–Trinajstić information content (AvgIpc) is 2.45. The van der Waals surface area contributed by atoms with Crippen LogP contribution < -0.4 is 10.5 Å². The van der Waals surface area contributed by atoms with Gasteiger partial charge in [0.25, 0.3) is 0 Å². The maximum absolute atomic E-state index is 8.61. The van der Waals surface area contributed by atoms with Crippen molar-refractivity contribution in [2.45, 2.75) is 6.61 Å². The van der Waals surface area contributed by atoms with Crippen LogP contribution in [0.2, 0.25) is 0 Å². The number of ether oxygens (including phenoxy) is 1. The molecule has 0 amide bonds. The van der Waals surface area contributed by atoms with Crippen LogP contribution in [0, 0.1) is 0 Å². The molecule has 4 heteroatoms. The predicted octanol–water partition coefficient (Wildman–Crippen LogP) is 2.36. The summed E-state index contributed by atoms with van der Waals surface area (Å²) in [5, 5.41) is 11.6. The highest BCUT2D eigenvalue weighted by Gasteiger charge is 2.01. The molecule has 3 N–H and O–H groups in total. The Morgan fingerprint density at radius 1 is 1.11 bits per heavy atom. The number of hydrogen-bond acceptors (Lipinski definition) is 3. The van der Waals surface area contributed by atoms with Crippen molar-refractivity contribution < 1.29 is 9.94 Å². The lowest BCUT2D eigenvalue weighted by atomic mass is 10.2. The van der Waals surface area contributed by atoms with E-state index in [2.05, 4.69) is 5.16 Å². The van der Waals surface area contributed by atoms with Gasteiger partial charge in [0, 0.05) is 5.56 Å². The number of nitrogens with two attached hydrogens (primary N) is 1. The van der Waals surface area contributed by atoms with Crippen molar-refractivity contribution in [3.05, 3.63) is 65.7 Å². The van der Waals surface area contributed by atoms with E-state index in [1.165, 1.54) is 0 Å². The molecule has 0 bridgehead atoms. The molecule has 0 saturated carbocycles. The minimum Gasteiger partial charge on any atom is -0.489 e. The first kappa shape index (κ1) is 12.0. The molecular weight excluding hydrogens is 228 g/mol. The van der Waals surface area contributed by atoms with Crippen LogP contribution in [0.4, 0.5) is 0 Å². The lowest BCUT2D eigenvalue weighted by Gasteiger charge is -2.07. The second kappa shape index (κ2) is 5.72. The van der Waals surface area contributed by atoms with Crippen LogP contribution >= 0.6 is 0 Å². The van der Waals surface area contributed by atoms with Crippen LogP contribution in [0.1, 0.15) is 11.1 Å². The highest BCUT2D eigenvalue weighted by molar-refractivity contribution is 5.97. The molecule has 0 atom stereocenters. The van der Waals surface area contributed by atoms with Gasteiger partial charge in [0.05, 0.1) is 0 Å². The summed E-state index contributed by atoms with van der Waals surface area (Å²) in [6.45, 7) is 0.487. The Labute approximate surface area is 105 Å². The molecule has 0 aliphatic rings. The lowest BCUT2D eigenvalue weighted by Crippen LogP contribution is -2.12. The first-order valence-corrected chi connectivity index (χ1v) is 5.54. The van der Waals surface area contributed by atoms with Gasteiger partial charge in [-0.15, -0.1) is 0 Å². The van der Waals surface area contributed by atoms with Gasteiger partial charge in [0.15, 0.2) is 5.84 Å². The Kier molecular flexibility index (Phi) is 3.81. The van der Waals surface area contributed by atoms with Crippen LogP contribution in [0.3, 0.4) is 0 Å². The molecule has 4 nitrogen and oxygen atoms in total. The SMILES string of the molecule is N/C(=N/O)c1cccc(OCc2ccccc2)c1. The summed E-state index contributed by atoms with van der Waals surface area (Å²) in [7, 11) is 0. The van der Waals surface area contributed by atoms with Crippen molar-refractivity contribution in [3.63, 3.8) is 0 Å². The molecule has 0 unspecified atom stereocenters. The molecule has 0 fully saturated rings. The fourth-order valence-corrected chi connectivity index (χ4v) is 1.54. The fraction of sp³-hybridized carbons (Fsp3) is 0.0714. The molecular formula is C14H14N2O2. The van der Waals surface area contributed by atoms with E-state index < -0.39 is 0 Å². The van der Waals surface area contributed by atoms with Crippen molar-refractivity contribution in [2.24, 2.45) is 10.9 Å². The van der Waals surface area contributed by atoms with Gasteiger partial charge in [-0.2, -0.15) is 0 Å². The van der Waals surface area contributed by atoms with Crippen molar-refractivity contribution in [3.8, 4) is 5.75 Å². The van der Waals surface area contributed by atoms with Gasteiger partial charge < -0.3 is 15.7 Å². The number of hydrogen-bond donors (Lipinski definition) is 2. The van der Waals surface area contributed by atoms with E-state index in [1.807, 2.05) is 36.4 Å². The summed E-state index contributed by atoms with van der Waals surface area (Å²) in [5.74, 6) is 0.753. The Hall–Kier alpha value is -2.49. The van der Waals surface area contributed by atoms with Gasteiger partial charge in [-0.05, 0) is 17.7 Å². The summed E-state index contributed by atoms with van der Waals surface area (Å²) in [6.07, 6.45) is 0. The Morgan fingerprint density at radius 2 is 1.89 bits per heavy atom. The monoisotopic (exact) mass is 242 g/mol. The summed E-state index contributed by atoms with van der Waals surface area (Å²) in [4.78, 5) is 0. The van der Waals surface area contributed by atoms with Crippen molar-refractivity contribution in [2.75, 3.05) is 0 Å².